The number of aromatic nitrogens is 4. The average molecular weight is 638 g/mol. The molecule has 4 heterocycles. The van der Waals surface area contributed by atoms with Gasteiger partial charge in [0.1, 0.15) is 23.2 Å². The first kappa shape index (κ1) is 30.9. The smallest absolute Gasteiger partial charge is 0.333 e. The molecule has 0 aliphatic carbocycles. The summed E-state index contributed by atoms with van der Waals surface area (Å²) < 4.78 is 1.03. The number of piperazine rings is 1. The number of thiazole rings is 1. The zero-order chi connectivity index (χ0) is 30.9. The molecule has 13 heteroatoms. The van der Waals surface area contributed by atoms with Gasteiger partial charge in [0.15, 0.2) is 0 Å². The summed E-state index contributed by atoms with van der Waals surface area (Å²) in [5.74, 6) is -0.412. The zero-order valence-corrected chi connectivity index (χ0v) is 25.2. The molecule has 0 bridgehead atoms. The molecular weight excluding hydrogens is 602 g/mol. The van der Waals surface area contributed by atoms with Gasteiger partial charge in [0.2, 0.25) is 11.8 Å². The van der Waals surface area contributed by atoms with Crippen LogP contribution in [-0.2, 0) is 29.1 Å². The lowest BCUT2D eigenvalue weighted by Gasteiger charge is -2.55. The van der Waals surface area contributed by atoms with Crippen LogP contribution in [-0.4, -0.2) is 89.9 Å². The molecule has 0 spiro atoms. The van der Waals surface area contributed by atoms with Crippen molar-refractivity contribution in [3.8, 4) is 0 Å². The number of carbonyl (C=O) groups is 3. The van der Waals surface area contributed by atoms with Crippen molar-refractivity contribution in [3.63, 3.8) is 0 Å². The van der Waals surface area contributed by atoms with Crippen molar-refractivity contribution in [2.24, 2.45) is 0 Å². The molecule has 2 N–H and O–H groups in total. The summed E-state index contributed by atoms with van der Waals surface area (Å²) in [4.78, 5) is 50.1. The van der Waals surface area contributed by atoms with Gasteiger partial charge in [-0.15, -0.1) is 17.9 Å². The maximum Gasteiger partial charge on any atom is 0.334 e. The number of amides is 4. The van der Waals surface area contributed by atoms with E-state index in [1.165, 1.54) is 0 Å². The van der Waals surface area contributed by atoms with Crippen molar-refractivity contribution in [2.75, 3.05) is 19.6 Å². The summed E-state index contributed by atoms with van der Waals surface area (Å²) in [6.45, 7) is 4.82. The first-order valence-corrected chi connectivity index (χ1v) is 15.6. The molecule has 0 saturated carbocycles. The van der Waals surface area contributed by atoms with Crippen LogP contribution in [0.4, 0.5) is 4.79 Å². The lowest BCUT2D eigenvalue weighted by atomic mass is 9.98. The normalized spacial score (nSPS) is 18.5. The van der Waals surface area contributed by atoms with Crippen LogP contribution in [0.5, 0.6) is 0 Å². The third-order valence-electron chi connectivity index (χ3n) is 8.28. The third kappa shape index (κ3) is 5.82. The Balaban J connectivity index is 0.00000372. The number of H-pyrrole nitrogens is 1. The van der Waals surface area contributed by atoms with Gasteiger partial charge in [-0.2, -0.15) is 15.4 Å². The monoisotopic (exact) mass is 637 g/mol. The Labute approximate surface area is 270 Å². The summed E-state index contributed by atoms with van der Waals surface area (Å²) in [5.41, 5.74) is 6.70. The topological polar surface area (TPSA) is 131 Å². The van der Waals surface area contributed by atoms with E-state index in [2.05, 4.69) is 32.3 Å². The lowest BCUT2D eigenvalue weighted by molar-refractivity contribution is -0.189. The van der Waals surface area contributed by atoms with E-state index in [0.29, 0.717) is 17.6 Å². The molecule has 2 atom stereocenters. The highest BCUT2D eigenvalue weighted by Gasteiger charge is 2.51. The van der Waals surface area contributed by atoms with E-state index in [1.54, 1.807) is 42.7 Å². The molecule has 2 aliphatic rings. The predicted octanol–water partition coefficient (Wildman–Crippen LogP) is 3.94. The first-order valence-electron chi connectivity index (χ1n) is 14.7. The minimum Gasteiger partial charge on any atom is -0.333 e. The quantitative estimate of drug-likeness (QED) is 0.247. The molecule has 3 aromatic carbocycles. The zero-order valence-electron chi connectivity index (χ0n) is 24.4. The number of hydrogen-bond acceptors (Lipinski definition) is 8. The fourth-order valence-corrected chi connectivity index (χ4v) is 6.94. The number of urea groups is 1. The van der Waals surface area contributed by atoms with Gasteiger partial charge in [-0.05, 0) is 34.9 Å². The number of hydrogen-bond donors (Lipinski definition) is 2. The number of nitrogens with one attached hydrogen (secondary N) is 2. The summed E-state index contributed by atoms with van der Waals surface area (Å²) in [5, 5.41) is 17.3. The molecule has 236 valence electrons. The molecule has 5 aromatic rings. The SMILES string of the molecule is C.C=CCN1CC(=O)N2[C@@H](Cc3ccc4n[nH]nc4c3)C(=O)N(Cc3cccc4scnc34)C[C@@H]2N1C(=O)NCc1ccccc1. The number of carbonyl (C=O) groups excluding carboxylic acids is 3. The molecule has 4 amide bonds. The van der Waals surface area contributed by atoms with Gasteiger partial charge >= 0.3 is 6.03 Å². The minimum atomic E-state index is -0.842. The maximum atomic E-state index is 14.3. The van der Waals surface area contributed by atoms with Gasteiger partial charge in [0.05, 0.1) is 28.8 Å². The van der Waals surface area contributed by atoms with Gasteiger partial charge < -0.3 is 15.1 Å². The highest BCUT2D eigenvalue weighted by atomic mass is 32.1. The molecule has 2 fully saturated rings. The molecule has 2 saturated heterocycles. The number of benzene rings is 3. The Kier molecular flexibility index (Phi) is 8.77. The molecule has 0 unspecified atom stereocenters. The van der Waals surface area contributed by atoms with Crippen molar-refractivity contribution in [1.82, 2.24) is 45.5 Å². The van der Waals surface area contributed by atoms with Crippen LogP contribution in [0, 0.1) is 0 Å². The fraction of sp³-hybridized carbons (Fsp3) is 0.273. The number of fused-ring (bicyclic) bond motifs is 3. The third-order valence-corrected chi connectivity index (χ3v) is 9.07. The Hall–Kier alpha value is -5.14. The fourth-order valence-electron chi connectivity index (χ4n) is 6.21. The standard InChI is InChI=1S/C32H31N9O3S.CH4/c1-2-13-39-19-29(42)40-26(15-22-11-12-24-25(14-22)36-37-35-24)31(43)38(17-23-9-6-10-27-30(23)34-20-45-27)18-28(40)41(39)32(44)33-16-21-7-4-3-5-8-21;/h2-12,14,20,26,28H,1,13,15-19H2,(H,33,44)(H,35,36,37);1H4/t26-,28-;/m0./s1. The first-order chi connectivity index (χ1) is 22.0. The van der Waals surface area contributed by atoms with Crippen LogP contribution in [0.25, 0.3) is 21.3 Å². The van der Waals surface area contributed by atoms with E-state index >= 15 is 0 Å². The number of nitrogens with zero attached hydrogens (tertiary/aromatic N) is 7. The summed E-state index contributed by atoms with van der Waals surface area (Å²) in [6, 6.07) is 20.0. The number of aromatic amines is 1. The van der Waals surface area contributed by atoms with Crippen LogP contribution in [0.3, 0.4) is 0 Å². The largest absolute Gasteiger partial charge is 0.334 e. The van der Waals surface area contributed by atoms with Crippen molar-refractivity contribution in [2.45, 2.75) is 39.1 Å². The molecule has 0 radical (unpaired) electrons. The van der Waals surface area contributed by atoms with Crippen molar-refractivity contribution < 1.29 is 14.4 Å². The number of para-hydroxylation sites is 1. The summed E-state index contributed by atoms with van der Waals surface area (Å²) in [7, 11) is 0. The summed E-state index contributed by atoms with van der Waals surface area (Å²) >= 11 is 1.54. The highest BCUT2D eigenvalue weighted by molar-refractivity contribution is 7.16. The second kappa shape index (κ2) is 13.1. The van der Waals surface area contributed by atoms with E-state index in [0.717, 1.165) is 26.9 Å². The van der Waals surface area contributed by atoms with E-state index in [1.807, 2.05) is 66.7 Å². The van der Waals surface area contributed by atoms with Gasteiger partial charge in [-0.1, -0.05) is 62.0 Å². The molecular formula is C33H35N9O3S. The van der Waals surface area contributed by atoms with Crippen LogP contribution >= 0.6 is 11.3 Å². The van der Waals surface area contributed by atoms with E-state index in [9.17, 15) is 14.4 Å². The number of hydrazine groups is 1. The van der Waals surface area contributed by atoms with Gasteiger partial charge in [0.25, 0.3) is 0 Å². The molecule has 2 aromatic heterocycles. The van der Waals surface area contributed by atoms with Crippen LogP contribution in [0.2, 0.25) is 0 Å². The summed E-state index contributed by atoms with van der Waals surface area (Å²) in [6.07, 6.45) is 1.18. The average Bonchev–Trinajstić information content (AvgIpc) is 3.73. The molecule has 12 nitrogen and oxygen atoms in total. The maximum absolute atomic E-state index is 14.3. The van der Waals surface area contributed by atoms with E-state index < -0.39 is 12.2 Å². The highest BCUT2D eigenvalue weighted by Crippen LogP contribution is 2.31. The minimum absolute atomic E-state index is 0. The van der Waals surface area contributed by atoms with Gasteiger partial charge in [0, 0.05) is 26.1 Å². The van der Waals surface area contributed by atoms with Crippen LogP contribution < -0.4 is 5.32 Å². The Bertz CT molecular complexity index is 1890. The van der Waals surface area contributed by atoms with E-state index in [4.69, 9.17) is 0 Å². The second-order valence-corrected chi connectivity index (χ2v) is 12.0. The molecule has 2 aliphatic heterocycles. The molecule has 7 rings (SSSR count). The number of rotatable bonds is 8. The van der Waals surface area contributed by atoms with Gasteiger partial charge in [-0.3, -0.25) is 9.59 Å². The van der Waals surface area contributed by atoms with Crippen molar-refractivity contribution in [1.29, 1.82) is 0 Å². The van der Waals surface area contributed by atoms with Crippen LogP contribution in [0.1, 0.15) is 24.1 Å². The second-order valence-electron chi connectivity index (χ2n) is 11.1. The van der Waals surface area contributed by atoms with Crippen molar-refractivity contribution >= 4 is 50.4 Å². The predicted molar refractivity (Wildman–Crippen MR) is 176 cm³/mol. The van der Waals surface area contributed by atoms with Crippen molar-refractivity contribution in [3.05, 3.63) is 102 Å². The van der Waals surface area contributed by atoms with Gasteiger partial charge in [-0.25, -0.2) is 19.8 Å². The van der Waals surface area contributed by atoms with Crippen LogP contribution in [0.15, 0.2) is 84.9 Å². The lowest BCUT2D eigenvalue weighted by Crippen LogP contribution is -2.76. The Morgan fingerprint density at radius 1 is 1.04 bits per heavy atom. The van der Waals surface area contributed by atoms with E-state index in [-0.39, 0.29) is 57.9 Å². The molecule has 46 heavy (non-hydrogen) atoms. The Morgan fingerprint density at radius 3 is 2.70 bits per heavy atom. The Morgan fingerprint density at radius 2 is 1.87 bits per heavy atom.